The van der Waals surface area contributed by atoms with Gasteiger partial charge in [-0.15, -0.1) is 11.3 Å². The van der Waals surface area contributed by atoms with Crippen molar-refractivity contribution in [1.82, 2.24) is 4.98 Å². The number of aliphatic hydroxyl groups is 1. The average Bonchev–Trinajstić information content (AvgIpc) is 2.30. The summed E-state index contributed by atoms with van der Waals surface area (Å²) in [4.78, 5) is 5.31. The van der Waals surface area contributed by atoms with Crippen LogP contribution in [-0.4, -0.2) is 10.1 Å². The van der Waals surface area contributed by atoms with Crippen LogP contribution in [0.3, 0.4) is 0 Å². The summed E-state index contributed by atoms with van der Waals surface area (Å²) in [5.41, 5.74) is 0.974. The van der Waals surface area contributed by atoms with Crippen LogP contribution in [-0.2, 0) is 6.42 Å². The Morgan fingerprint density at radius 1 is 1.64 bits per heavy atom. The Morgan fingerprint density at radius 2 is 2.27 bits per heavy atom. The van der Waals surface area contributed by atoms with Crippen LogP contribution in [0.4, 0.5) is 0 Å². The van der Waals surface area contributed by atoms with Crippen molar-refractivity contribution in [3.63, 3.8) is 0 Å². The SMILES string of the molecule is CCc1nc(C)c([C@@H](C)O)s1. The van der Waals surface area contributed by atoms with Crippen molar-refractivity contribution in [3.05, 3.63) is 15.6 Å². The topological polar surface area (TPSA) is 33.1 Å². The van der Waals surface area contributed by atoms with Crippen molar-refractivity contribution in [2.24, 2.45) is 0 Å². The number of aromatic nitrogens is 1. The van der Waals surface area contributed by atoms with Gasteiger partial charge in [0.1, 0.15) is 0 Å². The number of aryl methyl sites for hydroxylation is 2. The summed E-state index contributed by atoms with van der Waals surface area (Å²) in [7, 11) is 0. The first-order chi connectivity index (χ1) is 5.15. The monoisotopic (exact) mass is 171 g/mol. The molecule has 0 fully saturated rings. The van der Waals surface area contributed by atoms with Crippen LogP contribution in [0.15, 0.2) is 0 Å². The Hall–Kier alpha value is -0.410. The molecule has 0 saturated carbocycles. The molecule has 0 unspecified atom stereocenters. The summed E-state index contributed by atoms with van der Waals surface area (Å²) in [5.74, 6) is 0. The van der Waals surface area contributed by atoms with E-state index in [0.717, 1.165) is 22.0 Å². The molecule has 0 amide bonds. The van der Waals surface area contributed by atoms with Gasteiger partial charge in [0.25, 0.3) is 0 Å². The van der Waals surface area contributed by atoms with Gasteiger partial charge in [0.05, 0.1) is 21.7 Å². The van der Waals surface area contributed by atoms with E-state index in [9.17, 15) is 5.11 Å². The molecule has 1 atom stereocenters. The summed E-state index contributed by atoms with van der Waals surface area (Å²) in [6.07, 6.45) is 0.589. The normalized spacial score (nSPS) is 13.5. The quantitative estimate of drug-likeness (QED) is 0.739. The zero-order valence-corrected chi connectivity index (χ0v) is 7.90. The highest BCUT2D eigenvalue weighted by molar-refractivity contribution is 7.11. The summed E-state index contributed by atoms with van der Waals surface area (Å²) in [5, 5.41) is 10.4. The van der Waals surface area contributed by atoms with Crippen molar-refractivity contribution in [2.45, 2.75) is 33.3 Å². The molecule has 11 heavy (non-hydrogen) atoms. The molecule has 0 bridgehead atoms. The molecule has 0 radical (unpaired) electrons. The van der Waals surface area contributed by atoms with Gasteiger partial charge in [-0.05, 0) is 20.3 Å². The number of hydrogen-bond acceptors (Lipinski definition) is 3. The molecule has 2 nitrogen and oxygen atoms in total. The summed E-state index contributed by atoms with van der Waals surface area (Å²) < 4.78 is 0. The van der Waals surface area contributed by atoms with Crippen LogP contribution >= 0.6 is 11.3 Å². The predicted octanol–water partition coefficient (Wildman–Crippen LogP) is 2.07. The lowest BCUT2D eigenvalue weighted by atomic mass is 10.3. The molecule has 0 aliphatic carbocycles. The number of hydrogen-bond donors (Lipinski definition) is 1. The maximum Gasteiger partial charge on any atom is 0.0929 e. The fourth-order valence-corrected chi connectivity index (χ4v) is 1.95. The first kappa shape index (κ1) is 8.68. The number of nitrogens with zero attached hydrogens (tertiary/aromatic N) is 1. The Labute approximate surface area is 70.9 Å². The van der Waals surface area contributed by atoms with Gasteiger partial charge in [0.15, 0.2) is 0 Å². The van der Waals surface area contributed by atoms with Gasteiger partial charge < -0.3 is 5.11 Å². The van der Waals surface area contributed by atoms with E-state index in [-0.39, 0.29) is 6.10 Å². The number of aliphatic hydroxyl groups excluding tert-OH is 1. The number of rotatable bonds is 2. The smallest absolute Gasteiger partial charge is 0.0929 e. The zero-order valence-electron chi connectivity index (χ0n) is 7.09. The first-order valence-electron chi connectivity index (χ1n) is 3.79. The molecule has 0 aliphatic heterocycles. The second kappa shape index (κ2) is 3.32. The lowest BCUT2D eigenvalue weighted by Gasteiger charge is -1.98. The van der Waals surface area contributed by atoms with Gasteiger partial charge >= 0.3 is 0 Å². The molecule has 1 heterocycles. The van der Waals surface area contributed by atoms with Gasteiger partial charge in [-0.2, -0.15) is 0 Å². The standard InChI is InChI=1S/C8H13NOS/c1-4-7-9-5(2)8(11-7)6(3)10/h6,10H,4H2,1-3H3/t6-/m1/s1. The molecular formula is C8H13NOS. The van der Waals surface area contributed by atoms with Crippen molar-refractivity contribution >= 4 is 11.3 Å². The third-order valence-electron chi connectivity index (χ3n) is 1.56. The maximum absolute atomic E-state index is 9.28. The minimum atomic E-state index is -0.368. The second-order valence-electron chi connectivity index (χ2n) is 2.59. The maximum atomic E-state index is 9.28. The molecule has 0 aromatic carbocycles. The van der Waals surface area contributed by atoms with E-state index >= 15 is 0 Å². The van der Waals surface area contributed by atoms with Crippen molar-refractivity contribution in [3.8, 4) is 0 Å². The largest absolute Gasteiger partial charge is 0.388 e. The molecule has 62 valence electrons. The van der Waals surface area contributed by atoms with E-state index in [1.807, 2.05) is 6.92 Å². The van der Waals surface area contributed by atoms with Crippen LogP contribution in [0.25, 0.3) is 0 Å². The lowest BCUT2D eigenvalue weighted by molar-refractivity contribution is 0.202. The Morgan fingerprint density at radius 3 is 2.55 bits per heavy atom. The third kappa shape index (κ3) is 1.79. The minimum absolute atomic E-state index is 0.368. The van der Waals surface area contributed by atoms with E-state index in [4.69, 9.17) is 0 Å². The van der Waals surface area contributed by atoms with Gasteiger partial charge in [-0.25, -0.2) is 4.98 Å². The Kier molecular flexibility index (Phi) is 2.62. The van der Waals surface area contributed by atoms with E-state index in [0.29, 0.717) is 0 Å². The van der Waals surface area contributed by atoms with Crippen molar-refractivity contribution in [2.75, 3.05) is 0 Å². The highest BCUT2D eigenvalue weighted by atomic mass is 32.1. The number of thiazole rings is 1. The van der Waals surface area contributed by atoms with Crippen molar-refractivity contribution < 1.29 is 5.11 Å². The zero-order chi connectivity index (χ0) is 8.43. The lowest BCUT2D eigenvalue weighted by Crippen LogP contribution is -1.88. The van der Waals surface area contributed by atoms with Crippen LogP contribution in [0.5, 0.6) is 0 Å². The molecule has 0 spiro atoms. The third-order valence-corrected chi connectivity index (χ3v) is 3.03. The molecule has 1 N–H and O–H groups in total. The van der Waals surface area contributed by atoms with Crippen LogP contribution in [0, 0.1) is 6.92 Å². The predicted molar refractivity (Wildman–Crippen MR) is 46.9 cm³/mol. The molecule has 1 aromatic rings. The molecule has 3 heteroatoms. The van der Waals surface area contributed by atoms with E-state index in [1.165, 1.54) is 0 Å². The van der Waals surface area contributed by atoms with Crippen LogP contribution < -0.4 is 0 Å². The highest BCUT2D eigenvalue weighted by Gasteiger charge is 2.10. The molecule has 0 saturated heterocycles. The van der Waals surface area contributed by atoms with Crippen LogP contribution in [0.2, 0.25) is 0 Å². The molecular weight excluding hydrogens is 158 g/mol. The average molecular weight is 171 g/mol. The Bertz CT molecular complexity index is 242. The molecule has 1 rings (SSSR count). The van der Waals surface area contributed by atoms with Gasteiger partial charge in [-0.1, -0.05) is 6.92 Å². The summed E-state index contributed by atoms with van der Waals surface area (Å²) in [6.45, 7) is 5.79. The highest BCUT2D eigenvalue weighted by Crippen LogP contribution is 2.24. The fraction of sp³-hybridized carbons (Fsp3) is 0.625. The van der Waals surface area contributed by atoms with E-state index in [2.05, 4.69) is 11.9 Å². The summed E-state index contributed by atoms with van der Waals surface area (Å²) in [6, 6.07) is 0. The fourth-order valence-electron chi connectivity index (χ4n) is 1.00. The Balaban J connectivity index is 2.97. The van der Waals surface area contributed by atoms with E-state index < -0.39 is 0 Å². The minimum Gasteiger partial charge on any atom is -0.388 e. The van der Waals surface area contributed by atoms with Crippen molar-refractivity contribution in [1.29, 1.82) is 0 Å². The van der Waals surface area contributed by atoms with Gasteiger partial charge in [0, 0.05) is 0 Å². The summed E-state index contributed by atoms with van der Waals surface area (Å²) >= 11 is 1.61. The first-order valence-corrected chi connectivity index (χ1v) is 4.61. The van der Waals surface area contributed by atoms with E-state index in [1.54, 1.807) is 18.3 Å². The van der Waals surface area contributed by atoms with Gasteiger partial charge in [-0.3, -0.25) is 0 Å². The molecule has 1 aromatic heterocycles. The van der Waals surface area contributed by atoms with Crippen LogP contribution in [0.1, 0.15) is 35.5 Å². The molecule has 0 aliphatic rings. The van der Waals surface area contributed by atoms with Gasteiger partial charge in [0.2, 0.25) is 0 Å². The second-order valence-corrected chi connectivity index (χ2v) is 3.70.